The lowest BCUT2D eigenvalue weighted by molar-refractivity contribution is 0.0528. The van der Waals surface area contributed by atoms with Gasteiger partial charge < -0.3 is 19.3 Å². The fourth-order valence-electron chi connectivity index (χ4n) is 3.97. The van der Waals surface area contributed by atoms with Crippen molar-refractivity contribution < 1.29 is 22.7 Å². The average molecular weight is 476 g/mol. The van der Waals surface area contributed by atoms with E-state index in [0.29, 0.717) is 56.7 Å². The number of nitrogens with zero attached hydrogens (tertiary/aromatic N) is 5. The molecule has 2 aromatic rings. The number of aromatic nitrogens is 2. The summed E-state index contributed by atoms with van der Waals surface area (Å²) in [6.07, 6.45) is 4.61. The molecule has 1 aromatic carbocycles. The summed E-state index contributed by atoms with van der Waals surface area (Å²) >= 11 is 0. The smallest absolute Gasteiger partial charge is 0.257 e. The van der Waals surface area contributed by atoms with Gasteiger partial charge in [-0.3, -0.25) is 4.79 Å². The van der Waals surface area contributed by atoms with Gasteiger partial charge in [-0.05, 0) is 37.1 Å². The highest BCUT2D eigenvalue weighted by Gasteiger charge is 2.29. The van der Waals surface area contributed by atoms with Crippen molar-refractivity contribution in [2.75, 3.05) is 58.4 Å². The topological polar surface area (TPSA) is 105 Å². The zero-order chi connectivity index (χ0) is 23.4. The van der Waals surface area contributed by atoms with Crippen molar-refractivity contribution in [3.8, 4) is 5.88 Å². The number of carbonyl (C=O) groups is 1. The number of morpholine rings is 1. The number of amides is 1. The molecule has 33 heavy (non-hydrogen) atoms. The molecule has 1 amide bonds. The van der Waals surface area contributed by atoms with Crippen molar-refractivity contribution in [1.82, 2.24) is 19.2 Å². The van der Waals surface area contributed by atoms with Crippen LogP contribution in [0.1, 0.15) is 23.2 Å². The number of carbonyl (C=O) groups excluding carboxylic acids is 1. The quantitative estimate of drug-likeness (QED) is 0.615. The molecule has 0 saturated carbocycles. The predicted octanol–water partition coefficient (Wildman–Crippen LogP) is 1.25. The largest absolute Gasteiger partial charge is 0.470 e. The Kier molecular flexibility index (Phi) is 7.11. The van der Waals surface area contributed by atoms with Gasteiger partial charge in [0.2, 0.25) is 10.0 Å². The van der Waals surface area contributed by atoms with E-state index in [4.69, 9.17) is 9.47 Å². The lowest BCUT2D eigenvalue weighted by atomic mass is 10.1. The second-order valence-corrected chi connectivity index (χ2v) is 10.2. The molecule has 0 N–H and O–H groups in total. The van der Waals surface area contributed by atoms with Gasteiger partial charge in [0.1, 0.15) is 6.10 Å². The normalized spacial score (nSPS) is 19.8. The first-order valence-corrected chi connectivity index (χ1v) is 12.4. The highest BCUT2D eigenvalue weighted by Crippen LogP contribution is 2.25. The zero-order valence-electron chi connectivity index (χ0n) is 18.9. The van der Waals surface area contributed by atoms with Crippen LogP contribution >= 0.6 is 0 Å². The first-order valence-electron chi connectivity index (χ1n) is 11.0. The Morgan fingerprint density at radius 1 is 1.09 bits per heavy atom. The standard InChI is InChI=1S/C22H29N5O5S/c1-25(2)20-21(24-10-9-23-20)32-18-4-3-11-26(16-18)22(28)17-5-7-19(8-6-17)33(29,30)27-12-14-31-15-13-27/h5-10,18H,3-4,11-16H2,1-2H3. The number of hydrogen-bond acceptors (Lipinski definition) is 8. The molecule has 0 aliphatic carbocycles. The van der Waals surface area contributed by atoms with Crippen LogP contribution < -0.4 is 9.64 Å². The monoisotopic (exact) mass is 475 g/mol. The molecule has 3 heterocycles. The number of anilines is 1. The Labute approximate surface area is 194 Å². The lowest BCUT2D eigenvalue weighted by Crippen LogP contribution is -2.44. The average Bonchev–Trinajstić information content (AvgIpc) is 2.84. The molecule has 4 rings (SSSR count). The molecular weight excluding hydrogens is 446 g/mol. The summed E-state index contributed by atoms with van der Waals surface area (Å²) in [6.45, 7) is 2.49. The second-order valence-electron chi connectivity index (χ2n) is 8.25. The molecule has 1 atom stereocenters. The molecule has 11 heteroatoms. The van der Waals surface area contributed by atoms with Crippen LogP contribution in [-0.4, -0.2) is 93.1 Å². The van der Waals surface area contributed by atoms with Gasteiger partial charge in [-0.2, -0.15) is 4.31 Å². The number of hydrogen-bond donors (Lipinski definition) is 0. The minimum atomic E-state index is -3.59. The number of sulfonamides is 1. The van der Waals surface area contributed by atoms with Crippen LogP contribution in [0.3, 0.4) is 0 Å². The number of ether oxygens (including phenoxy) is 2. The van der Waals surface area contributed by atoms with Crippen LogP contribution in [0.25, 0.3) is 0 Å². The van der Waals surface area contributed by atoms with Crippen LogP contribution in [0.2, 0.25) is 0 Å². The maximum absolute atomic E-state index is 13.1. The third-order valence-corrected chi connectivity index (χ3v) is 7.64. The summed E-state index contributed by atoms with van der Waals surface area (Å²) in [5.74, 6) is 0.933. The fraction of sp³-hybridized carbons (Fsp3) is 0.500. The molecule has 0 bridgehead atoms. The SMILES string of the molecule is CN(C)c1nccnc1OC1CCCN(C(=O)c2ccc(S(=O)(=O)N3CCOCC3)cc2)C1. The molecular formula is C22H29N5O5S. The molecule has 0 radical (unpaired) electrons. The van der Waals surface area contributed by atoms with Gasteiger partial charge in [0, 0.05) is 51.7 Å². The van der Waals surface area contributed by atoms with E-state index < -0.39 is 10.0 Å². The minimum Gasteiger partial charge on any atom is -0.470 e. The summed E-state index contributed by atoms with van der Waals surface area (Å²) in [6, 6.07) is 6.15. The zero-order valence-corrected chi connectivity index (χ0v) is 19.7. The van der Waals surface area contributed by atoms with Crippen LogP contribution in [0.15, 0.2) is 41.6 Å². The Bertz CT molecular complexity index is 1070. The molecule has 2 fully saturated rings. The van der Waals surface area contributed by atoms with Crippen LogP contribution in [0, 0.1) is 0 Å². The Hall–Kier alpha value is -2.76. The van der Waals surface area contributed by atoms with E-state index in [0.717, 1.165) is 12.8 Å². The first kappa shape index (κ1) is 23.4. The van der Waals surface area contributed by atoms with Crippen molar-refractivity contribution in [1.29, 1.82) is 0 Å². The van der Waals surface area contributed by atoms with Gasteiger partial charge in [0.05, 0.1) is 24.7 Å². The second kappa shape index (κ2) is 10.0. The molecule has 2 aliphatic rings. The summed E-state index contributed by atoms with van der Waals surface area (Å²) in [5.41, 5.74) is 0.449. The number of likely N-dealkylation sites (tertiary alicyclic amines) is 1. The molecule has 2 saturated heterocycles. The highest BCUT2D eigenvalue weighted by molar-refractivity contribution is 7.89. The van der Waals surface area contributed by atoms with Gasteiger partial charge in [-0.25, -0.2) is 18.4 Å². The van der Waals surface area contributed by atoms with E-state index >= 15 is 0 Å². The number of piperidine rings is 1. The van der Waals surface area contributed by atoms with Crippen molar-refractivity contribution >= 4 is 21.7 Å². The Balaban J connectivity index is 1.43. The van der Waals surface area contributed by atoms with E-state index in [-0.39, 0.29) is 16.9 Å². The summed E-state index contributed by atoms with van der Waals surface area (Å²) in [7, 11) is 0.151. The van der Waals surface area contributed by atoms with E-state index in [1.54, 1.807) is 29.4 Å². The van der Waals surface area contributed by atoms with E-state index in [9.17, 15) is 13.2 Å². The molecule has 2 aliphatic heterocycles. The number of benzene rings is 1. The van der Waals surface area contributed by atoms with Gasteiger partial charge in [-0.15, -0.1) is 0 Å². The highest BCUT2D eigenvalue weighted by atomic mass is 32.2. The van der Waals surface area contributed by atoms with Gasteiger partial charge in [0.15, 0.2) is 5.82 Å². The molecule has 0 spiro atoms. The molecule has 10 nitrogen and oxygen atoms in total. The van der Waals surface area contributed by atoms with Crippen molar-refractivity contribution in [2.24, 2.45) is 0 Å². The first-order chi connectivity index (χ1) is 15.9. The third kappa shape index (κ3) is 5.26. The van der Waals surface area contributed by atoms with Gasteiger partial charge in [0.25, 0.3) is 11.8 Å². The molecule has 1 unspecified atom stereocenters. The van der Waals surface area contributed by atoms with Crippen molar-refractivity contribution in [3.63, 3.8) is 0 Å². The van der Waals surface area contributed by atoms with E-state index in [1.807, 2.05) is 19.0 Å². The Morgan fingerprint density at radius 3 is 2.48 bits per heavy atom. The van der Waals surface area contributed by atoms with Crippen LogP contribution in [0.5, 0.6) is 5.88 Å². The van der Waals surface area contributed by atoms with Crippen molar-refractivity contribution in [3.05, 3.63) is 42.2 Å². The summed E-state index contributed by atoms with van der Waals surface area (Å²) < 4.78 is 38.4. The third-order valence-electron chi connectivity index (χ3n) is 5.72. The fourth-order valence-corrected chi connectivity index (χ4v) is 5.38. The van der Waals surface area contributed by atoms with Crippen LogP contribution in [0.4, 0.5) is 5.82 Å². The minimum absolute atomic E-state index is 0.148. The maximum atomic E-state index is 13.1. The van der Waals surface area contributed by atoms with E-state index in [1.165, 1.54) is 16.4 Å². The lowest BCUT2D eigenvalue weighted by Gasteiger charge is -2.33. The maximum Gasteiger partial charge on any atom is 0.257 e. The molecule has 1 aromatic heterocycles. The predicted molar refractivity (Wildman–Crippen MR) is 122 cm³/mol. The van der Waals surface area contributed by atoms with Gasteiger partial charge >= 0.3 is 0 Å². The van der Waals surface area contributed by atoms with Gasteiger partial charge in [-0.1, -0.05) is 0 Å². The number of rotatable bonds is 6. The van der Waals surface area contributed by atoms with Crippen LogP contribution in [-0.2, 0) is 14.8 Å². The van der Waals surface area contributed by atoms with Crippen molar-refractivity contribution in [2.45, 2.75) is 23.8 Å². The summed E-state index contributed by atoms with van der Waals surface area (Å²) in [5, 5.41) is 0. The summed E-state index contributed by atoms with van der Waals surface area (Å²) in [4.78, 5) is 25.4. The Morgan fingerprint density at radius 2 is 1.79 bits per heavy atom. The van der Waals surface area contributed by atoms with E-state index in [2.05, 4.69) is 9.97 Å². The molecule has 178 valence electrons.